The Morgan fingerprint density at radius 1 is 1.32 bits per heavy atom. The Morgan fingerprint density at radius 3 is 2.68 bits per heavy atom. The fourth-order valence-corrected chi connectivity index (χ4v) is 5.15. The summed E-state index contributed by atoms with van der Waals surface area (Å²) in [4.78, 5) is 0.0514. The highest BCUT2D eigenvalue weighted by Gasteiger charge is 2.28. The van der Waals surface area contributed by atoms with E-state index in [-0.39, 0.29) is 16.4 Å². The minimum Gasteiger partial charge on any atom is -0.399 e. The van der Waals surface area contributed by atoms with Crippen LogP contribution in [0.25, 0.3) is 0 Å². The molecular weight excluding hydrogens is 288 g/mol. The minimum absolute atomic E-state index is 0.0514. The molecule has 1 heterocycles. The van der Waals surface area contributed by atoms with Crippen LogP contribution in [0, 0.1) is 0 Å². The summed E-state index contributed by atoms with van der Waals surface area (Å²) in [6.45, 7) is 0. The smallest absolute Gasteiger partial charge is 0.240 e. The monoisotopic (exact) mass is 304 g/mol. The Balaban J connectivity index is 2.18. The van der Waals surface area contributed by atoms with E-state index in [0.717, 1.165) is 0 Å². The van der Waals surface area contributed by atoms with Gasteiger partial charge in [0.2, 0.25) is 10.0 Å². The van der Waals surface area contributed by atoms with Crippen molar-refractivity contribution in [2.45, 2.75) is 23.8 Å². The molecule has 1 atom stereocenters. The number of rotatable bonds is 3. The third-order valence-electron chi connectivity index (χ3n) is 2.95. The zero-order valence-corrected chi connectivity index (χ0v) is 11.9. The largest absolute Gasteiger partial charge is 0.399 e. The lowest BCUT2D eigenvalue weighted by Crippen LogP contribution is -2.43. The number of sulfone groups is 1. The van der Waals surface area contributed by atoms with E-state index in [0.29, 0.717) is 18.5 Å². The maximum Gasteiger partial charge on any atom is 0.240 e. The molecule has 8 heteroatoms. The van der Waals surface area contributed by atoms with Gasteiger partial charge in [0, 0.05) is 11.7 Å². The van der Waals surface area contributed by atoms with Crippen LogP contribution in [0.3, 0.4) is 0 Å². The van der Waals surface area contributed by atoms with Crippen molar-refractivity contribution in [2.75, 3.05) is 17.2 Å². The van der Waals surface area contributed by atoms with E-state index in [2.05, 4.69) is 4.72 Å². The third-order valence-corrected chi connectivity index (χ3v) is 6.29. The van der Waals surface area contributed by atoms with Gasteiger partial charge < -0.3 is 5.73 Å². The Labute approximate surface area is 113 Å². The molecule has 1 saturated heterocycles. The molecule has 106 valence electrons. The highest BCUT2D eigenvalue weighted by molar-refractivity contribution is 7.91. The van der Waals surface area contributed by atoms with Gasteiger partial charge in [-0.15, -0.1) is 0 Å². The molecular formula is C11H16N2O4S2. The van der Waals surface area contributed by atoms with Gasteiger partial charge in [-0.2, -0.15) is 0 Å². The molecule has 0 saturated carbocycles. The van der Waals surface area contributed by atoms with Gasteiger partial charge in [-0.1, -0.05) is 6.07 Å². The second-order valence-corrected chi connectivity index (χ2v) is 8.59. The lowest BCUT2D eigenvalue weighted by molar-refractivity contribution is 0.517. The molecule has 1 fully saturated rings. The van der Waals surface area contributed by atoms with Crippen molar-refractivity contribution in [1.82, 2.24) is 4.72 Å². The number of benzene rings is 1. The zero-order valence-electron chi connectivity index (χ0n) is 10.2. The Bertz CT molecular complexity index is 668. The van der Waals surface area contributed by atoms with Crippen molar-refractivity contribution < 1.29 is 16.8 Å². The van der Waals surface area contributed by atoms with E-state index in [1.54, 1.807) is 12.1 Å². The highest BCUT2D eigenvalue weighted by Crippen LogP contribution is 2.17. The second-order valence-electron chi connectivity index (χ2n) is 4.65. The number of nitrogen functional groups attached to an aromatic ring is 1. The van der Waals surface area contributed by atoms with Crippen LogP contribution in [0.5, 0.6) is 0 Å². The summed E-state index contributed by atoms with van der Waals surface area (Å²) in [5.74, 6) is -0.0158. The summed E-state index contributed by atoms with van der Waals surface area (Å²) in [7, 11) is -6.87. The summed E-state index contributed by atoms with van der Waals surface area (Å²) in [6.07, 6.45) is 1.01. The standard InChI is InChI=1S/C11H16N2O4S2/c12-9-3-1-5-11(7-9)19(16,17)13-10-4-2-6-18(14,15)8-10/h1,3,5,7,10,13H,2,4,6,8,12H2. The lowest BCUT2D eigenvalue weighted by Gasteiger charge is -2.22. The Hall–Kier alpha value is -1.12. The topological polar surface area (TPSA) is 106 Å². The van der Waals surface area contributed by atoms with Crippen LogP contribution in [0.15, 0.2) is 29.2 Å². The van der Waals surface area contributed by atoms with Crippen LogP contribution >= 0.6 is 0 Å². The Morgan fingerprint density at radius 2 is 2.05 bits per heavy atom. The van der Waals surface area contributed by atoms with Crippen molar-refractivity contribution >= 4 is 25.5 Å². The predicted molar refractivity (Wildman–Crippen MR) is 72.9 cm³/mol. The third kappa shape index (κ3) is 3.68. The summed E-state index contributed by atoms with van der Waals surface area (Å²) < 4.78 is 49.6. The number of hydrogen-bond donors (Lipinski definition) is 2. The van der Waals surface area contributed by atoms with Crippen LogP contribution in [-0.2, 0) is 19.9 Å². The molecule has 0 spiro atoms. The van der Waals surface area contributed by atoms with Crippen molar-refractivity contribution in [3.63, 3.8) is 0 Å². The van der Waals surface area contributed by atoms with Crippen LogP contribution < -0.4 is 10.5 Å². The molecule has 1 aromatic rings. The van der Waals surface area contributed by atoms with Crippen LogP contribution in [0.1, 0.15) is 12.8 Å². The van der Waals surface area contributed by atoms with E-state index < -0.39 is 25.9 Å². The normalized spacial score (nSPS) is 23.1. The van der Waals surface area contributed by atoms with Crippen molar-refractivity contribution in [3.8, 4) is 0 Å². The van der Waals surface area contributed by atoms with Gasteiger partial charge >= 0.3 is 0 Å². The molecule has 3 N–H and O–H groups in total. The molecule has 0 bridgehead atoms. The average molecular weight is 304 g/mol. The SMILES string of the molecule is Nc1cccc(S(=O)(=O)NC2CCCS(=O)(=O)C2)c1. The zero-order chi connectivity index (χ0) is 14.1. The fraction of sp³-hybridized carbons (Fsp3) is 0.455. The number of nitrogens with one attached hydrogen (secondary N) is 1. The number of hydrogen-bond acceptors (Lipinski definition) is 5. The fourth-order valence-electron chi connectivity index (χ4n) is 2.08. The predicted octanol–water partition coefficient (Wildman–Crippen LogP) is 0.124. The summed E-state index contributed by atoms with van der Waals surface area (Å²) >= 11 is 0. The number of anilines is 1. The van der Waals surface area contributed by atoms with E-state index in [1.165, 1.54) is 12.1 Å². The van der Waals surface area contributed by atoms with Crippen molar-refractivity contribution in [2.24, 2.45) is 0 Å². The van der Waals surface area contributed by atoms with E-state index >= 15 is 0 Å². The van der Waals surface area contributed by atoms with Gasteiger partial charge in [-0.05, 0) is 31.0 Å². The van der Waals surface area contributed by atoms with Gasteiger partial charge in [-0.25, -0.2) is 21.6 Å². The van der Waals surface area contributed by atoms with E-state index in [4.69, 9.17) is 5.73 Å². The summed E-state index contributed by atoms with van der Waals surface area (Å²) in [6, 6.07) is 5.34. The molecule has 2 rings (SSSR count). The van der Waals surface area contributed by atoms with Gasteiger partial charge in [0.25, 0.3) is 0 Å². The van der Waals surface area contributed by atoms with Crippen LogP contribution in [0.4, 0.5) is 5.69 Å². The molecule has 1 aromatic carbocycles. The van der Waals surface area contributed by atoms with Gasteiger partial charge in [0.15, 0.2) is 9.84 Å². The average Bonchev–Trinajstić information content (AvgIpc) is 2.27. The van der Waals surface area contributed by atoms with Crippen LogP contribution in [0.2, 0.25) is 0 Å². The molecule has 0 amide bonds. The van der Waals surface area contributed by atoms with Gasteiger partial charge in [0.05, 0.1) is 16.4 Å². The Kier molecular flexibility index (Phi) is 3.84. The molecule has 6 nitrogen and oxygen atoms in total. The molecule has 1 unspecified atom stereocenters. The number of nitrogens with two attached hydrogens (primary N) is 1. The van der Waals surface area contributed by atoms with Gasteiger partial charge in [0.1, 0.15) is 0 Å². The highest BCUT2D eigenvalue weighted by atomic mass is 32.2. The maximum absolute atomic E-state index is 12.1. The quantitative estimate of drug-likeness (QED) is 0.772. The molecule has 19 heavy (non-hydrogen) atoms. The van der Waals surface area contributed by atoms with Crippen molar-refractivity contribution in [3.05, 3.63) is 24.3 Å². The molecule has 1 aliphatic heterocycles. The maximum atomic E-state index is 12.1. The van der Waals surface area contributed by atoms with E-state index in [1.807, 2.05) is 0 Å². The summed E-state index contributed by atoms with van der Waals surface area (Å²) in [5, 5.41) is 0. The summed E-state index contributed by atoms with van der Waals surface area (Å²) in [5.41, 5.74) is 5.89. The first-order valence-corrected chi connectivity index (χ1v) is 9.17. The lowest BCUT2D eigenvalue weighted by atomic mass is 10.2. The molecule has 0 radical (unpaired) electrons. The molecule has 0 aromatic heterocycles. The molecule has 1 aliphatic rings. The first kappa shape index (κ1) is 14.3. The first-order chi connectivity index (χ1) is 8.78. The van der Waals surface area contributed by atoms with Gasteiger partial charge in [-0.3, -0.25) is 0 Å². The van der Waals surface area contributed by atoms with Crippen LogP contribution in [-0.4, -0.2) is 34.4 Å². The van der Waals surface area contributed by atoms with E-state index in [9.17, 15) is 16.8 Å². The first-order valence-electron chi connectivity index (χ1n) is 5.87. The van der Waals surface area contributed by atoms with Crippen molar-refractivity contribution in [1.29, 1.82) is 0 Å². The molecule has 0 aliphatic carbocycles. The number of sulfonamides is 1. The second kappa shape index (κ2) is 5.10. The minimum atomic E-state index is -3.73.